The van der Waals surface area contributed by atoms with E-state index in [1.165, 1.54) is 0 Å². The van der Waals surface area contributed by atoms with Crippen LogP contribution in [0.3, 0.4) is 0 Å². The smallest absolute Gasteiger partial charge is 0.265 e. The first kappa shape index (κ1) is 15.6. The van der Waals surface area contributed by atoms with Gasteiger partial charge in [0.05, 0.1) is 12.5 Å². The third kappa shape index (κ3) is 4.10. The minimum atomic E-state index is -0.597. The number of anilines is 1. The molecule has 0 bridgehead atoms. The van der Waals surface area contributed by atoms with Gasteiger partial charge in [-0.05, 0) is 43.2 Å². The number of nitrogens with zero attached hydrogens (tertiary/aromatic N) is 1. The van der Waals surface area contributed by atoms with E-state index in [1.54, 1.807) is 19.1 Å². The summed E-state index contributed by atoms with van der Waals surface area (Å²) in [4.78, 5) is 12.2. The molecule has 0 aliphatic carbocycles. The molecule has 0 saturated heterocycles. The van der Waals surface area contributed by atoms with E-state index in [1.807, 2.05) is 43.3 Å². The van der Waals surface area contributed by atoms with Crippen LogP contribution in [-0.2, 0) is 11.2 Å². The largest absolute Gasteiger partial charge is 0.481 e. The van der Waals surface area contributed by atoms with Crippen molar-refractivity contribution in [3.8, 4) is 11.8 Å². The lowest BCUT2D eigenvalue weighted by atomic mass is 10.1. The number of carbonyl (C=O) groups excluding carboxylic acids is 1. The summed E-state index contributed by atoms with van der Waals surface area (Å²) in [5, 5.41) is 11.4. The molecule has 0 heterocycles. The van der Waals surface area contributed by atoms with Gasteiger partial charge in [0.2, 0.25) is 0 Å². The van der Waals surface area contributed by atoms with Crippen molar-refractivity contribution in [2.45, 2.75) is 26.4 Å². The van der Waals surface area contributed by atoms with Crippen LogP contribution >= 0.6 is 0 Å². The average Bonchev–Trinajstić information content (AvgIpc) is 2.51. The fraction of sp³-hybridized carbons (Fsp3) is 0.222. The Morgan fingerprint density at radius 3 is 2.55 bits per heavy atom. The number of hydrogen-bond donors (Lipinski definition) is 1. The second kappa shape index (κ2) is 7.28. The van der Waals surface area contributed by atoms with Crippen LogP contribution in [0.25, 0.3) is 0 Å². The van der Waals surface area contributed by atoms with Gasteiger partial charge < -0.3 is 10.1 Å². The van der Waals surface area contributed by atoms with Crippen molar-refractivity contribution in [2.75, 3.05) is 5.32 Å². The predicted octanol–water partition coefficient (Wildman–Crippen LogP) is 3.47. The molecule has 4 nitrogen and oxygen atoms in total. The van der Waals surface area contributed by atoms with E-state index >= 15 is 0 Å². The van der Waals surface area contributed by atoms with E-state index in [-0.39, 0.29) is 5.91 Å². The Hall–Kier alpha value is -2.80. The zero-order chi connectivity index (χ0) is 15.9. The Morgan fingerprint density at radius 1 is 1.23 bits per heavy atom. The van der Waals surface area contributed by atoms with Gasteiger partial charge >= 0.3 is 0 Å². The highest BCUT2D eigenvalue weighted by molar-refractivity contribution is 5.94. The Bertz CT molecular complexity index is 687. The Kier molecular flexibility index (Phi) is 5.16. The van der Waals surface area contributed by atoms with Gasteiger partial charge in [-0.1, -0.05) is 30.3 Å². The number of nitriles is 1. The molecule has 0 fully saturated rings. The highest BCUT2D eigenvalue weighted by Crippen LogP contribution is 2.18. The van der Waals surface area contributed by atoms with Crippen molar-refractivity contribution in [2.24, 2.45) is 0 Å². The molecule has 0 saturated carbocycles. The minimum absolute atomic E-state index is 0.212. The number of rotatable bonds is 5. The minimum Gasteiger partial charge on any atom is -0.481 e. The highest BCUT2D eigenvalue weighted by Gasteiger charge is 2.15. The molecule has 4 heteroatoms. The van der Waals surface area contributed by atoms with Crippen LogP contribution < -0.4 is 10.1 Å². The zero-order valence-corrected chi connectivity index (χ0v) is 12.7. The van der Waals surface area contributed by atoms with E-state index in [0.29, 0.717) is 17.9 Å². The van der Waals surface area contributed by atoms with Crippen LogP contribution in [0.4, 0.5) is 5.69 Å². The number of hydrogen-bond acceptors (Lipinski definition) is 3. The van der Waals surface area contributed by atoms with Gasteiger partial charge in [0.15, 0.2) is 6.10 Å². The summed E-state index contributed by atoms with van der Waals surface area (Å²) in [6.07, 6.45) is -0.235. The van der Waals surface area contributed by atoms with Crippen molar-refractivity contribution < 1.29 is 9.53 Å². The predicted molar refractivity (Wildman–Crippen MR) is 85.7 cm³/mol. The molecule has 1 N–H and O–H groups in total. The molecule has 1 atom stereocenters. The van der Waals surface area contributed by atoms with E-state index in [9.17, 15) is 4.79 Å². The van der Waals surface area contributed by atoms with Gasteiger partial charge in [0, 0.05) is 5.69 Å². The molecule has 22 heavy (non-hydrogen) atoms. The molecule has 0 radical (unpaired) electrons. The van der Waals surface area contributed by atoms with Gasteiger partial charge in [-0.2, -0.15) is 5.26 Å². The lowest BCUT2D eigenvalue weighted by molar-refractivity contribution is -0.122. The average molecular weight is 294 g/mol. The molecule has 1 amide bonds. The van der Waals surface area contributed by atoms with Gasteiger partial charge in [0.1, 0.15) is 5.75 Å². The van der Waals surface area contributed by atoms with Crippen LogP contribution in [0.5, 0.6) is 5.75 Å². The molecule has 0 aliphatic heterocycles. The van der Waals surface area contributed by atoms with Crippen molar-refractivity contribution in [1.29, 1.82) is 5.26 Å². The number of para-hydroxylation sites is 1. The molecule has 2 aromatic carbocycles. The van der Waals surface area contributed by atoms with Gasteiger partial charge in [-0.15, -0.1) is 0 Å². The second-order valence-electron chi connectivity index (χ2n) is 5.05. The maximum absolute atomic E-state index is 12.2. The van der Waals surface area contributed by atoms with E-state index in [0.717, 1.165) is 11.1 Å². The zero-order valence-electron chi connectivity index (χ0n) is 12.7. The fourth-order valence-corrected chi connectivity index (χ4v) is 1.97. The fourth-order valence-electron chi connectivity index (χ4n) is 1.97. The third-order valence-electron chi connectivity index (χ3n) is 3.27. The first-order chi connectivity index (χ1) is 10.6. The monoisotopic (exact) mass is 294 g/mol. The van der Waals surface area contributed by atoms with Crippen molar-refractivity contribution in [1.82, 2.24) is 0 Å². The van der Waals surface area contributed by atoms with Gasteiger partial charge in [-0.3, -0.25) is 4.79 Å². The normalized spacial score (nSPS) is 11.3. The Labute approximate surface area is 130 Å². The summed E-state index contributed by atoms with van der Waals surface area (Å²) in [7, 11) is 0. The van der Waals surface area contributed by atoms with Crippen LogP contribution in [0, 0.1) is 18.3 Å². The number of carbonyl (C=O) groups is 1. The Morgan fingerprint density at radius 2 is 1.91 bits per heavy atom. The molecule has 0 unspecified atom stereocenters. The van der Waals surface area contributed by atoms with Crippen LogP contribution in [0.1, 0.15) is 18.1 Å². The molecule has 2 aromatic rings. The summed E-state index contributed by atoms with van der Waals surface area (Å²) < 4.78 is 5.69. The third-order valence-corrected chi connectivity index (χ3v) is 3.27. The summed E-state index contributed by atoms with van der Waals surface area (Å²) >= 11 is 0. The van der Waals surface area contributed by atoms with E-state index in [2.05, 4.69) is 11.4 Å². The summed E-state index contributed by atoms with van der Waals surface area (Å²) in [5.74, 6) is 0.491. The summed E-state index contributed by atoms with van der Waals surface area (Å²) in [5.41, 5.74) is 2.60. The van der Waals surface area contributed by atoms with Crippen LogP contribution in [0.2, 0.25) is 0 Å². The molecular formula is C18H18N2O2. The standard InChI is InChI=1S/C18H18N2O2/c1-13-5-3-4-6-17(13)22-14(2)18(21)20-16-9-7-15(8-10-16)11-12-19/h3-10,14H,11H2,1-2H3,(H,20,21)/t14-/m1/s1. The number of amides is 1. The maximum Gasteiger partial charge on any atom is 0.265 e. The van der Waals surface area contributed by atoms with Crippen molar-refractivity contribution in [3.63, 3.8) is 0 Å². The number of benzene rings is 2. The molecular weight excluding hydrogens is 276 g/mol. The van der Waals surface area contributed by atoms with E-state index < -0.39 is 6.10 Å². The Balaban J connectivity index is 1.96. The molecule has 0 aromatic heterocycles. The number of aryl methyl sites for hydroxylation is 1. The number of nitrogens with one attached hydrogen (secondary N) is 1. The summed E-state index contributed by atoms with van der Waals surface area (Å²) in [6.45, 7) is 3.65. The van der Waals surface area contributed by atoms with Crippen molar-refractivity contribution in [3.05, 3.63) is 59.7 Å². The first-order valence-corrected chi connectivity index (χ1v) is 7.09. The highest BCUT2D eigenvalue weighted by atomic mass is 16.5. The van der Waals surface area contributed by atoms with E-state index in [4.69, 9.17) is 10.00 Å². The van der Waals surface area contributed by atoms with Gasteiger partial charge in [0.25, 0.3) is 5.91 Å². The molecule has 0 aliphatic rings. The topological polar surface area (TPSA) is 62.1 Å². The SMILES string of the molecule is Cc1ccccc1O[C@H](C)C(=O)Nc1ccc(CC#N)cc1. The molecule has 0 spiro atoms. The lowest BCUT2D eigenvalue weighted by Crippen LogP contribution is -2.30. The van der Waals surface area contributed by atoms with Gasteiger partial charge in [-0.25, -0.2) is 0 Å². The van der Waals surface area contributed by atoms with Crippen molar-refractivity contribution >= 4 is 11.6 Å². The second-order valence-corrected chi connectivity index (χ2v) is 5.05. The maximum atomic E-state index is 12.2. The summed E-state index contributed by atoms with van der Waals surface area (Å²) in [6, 6.07) is 16.9. The lowest BCUT2D eigenvalue weighted by Gasteiger charge is -2.16. The molecule has 112 valence electrons. The van der Waals surface area contributed by atoms with Crippen LogP contribution in [0.15, 0.2) is 48.5 Å². The number of ether oxygens (including phenoxy) is 1. The molecule has 2 rings (SSSR count). The van der Waals surface area contributed by atoms with Crippen LogP contribution in [-0.4, -0.2) is 12.0 Å². The quantitative estimate of drug-likeness (QED) is 0.918. The first-order valence-electron chi connectivity index (χ1n) is 7.09.